The van der Waals surface area contributed by atoms with Gasteiger partial charge in [-0.2, -0.15) is 0 Å². The molecule has 134 valence electrons. The zero-order valence-electron chi connectivity index (χ0n) is 14.1. The molecular weight excluding hydrogens is 342 g/mol. The van der Waals surface area contributed by atoms with Crippen LogP contribution >= 0.6 is 0 Å². The summed E-state index contributed by atoms with van der Waals surface area (Å²) in [4.78, 5) is 14.5. The third kappa shape index (κ3) is 4.19. The van der Waals surface area contributed by atoms with Crippen LogP contribution in [-0.2, 0) is 10.0 Å². The van der Waals surface area contributed by atoms with Crippen molar-refractivity contribution in [2.75, 3.05) is 17.8 Å². The number of sulfonamides is 1. The Morgan fingerprint density at radius 2 is 1.88 bits per heavy atom. The van der Waals surface area contributed by atoms with E-state index in [1.165, 1.54) is 18.2 Å². The number of nitrogens with one attached hydrogen (secondary N) is 1. The third-order valence-corrected chi connectivity index (χ3v) is 5.50. The Hall–Kier alpha value is -2.35. The first-order valence-electron chi connectivity index (χ1n) is 8.31. The number of benzene rings is 1. The lowest BCUT2D eigenvalue weighted by Gasteiger charge is -2.20. The topological polar surface area (TPSA) is 92.5 Å². The molecule has 8 heteroatoms. The predicted octanol–water partition coefficient (Wildman–Crippen LogP) is 2.80. The van der Waals surface area contributed by atoms with Gasteiger partial charge in [0.05, 0.1) is 4.90 Å². The Labute approximate surface area is 147 Å². The van der Waals surface area contributed by atoms with E-state index in [2.05, 4.69) is 9.88 Å². The molecule has 1 saturated heterocycles. The Bertz CT molecular complexity index is 852. The van der Waals surface area contributed by atoms with Gasteiger partial charge in [0.15, 0.2) is 5.82 Å². The first-order chi connectivity index (χ1) is 12.0. The molecule has 25 heavy (non-hydrogen) atoms. The number of carbonyl (C=O) groups excluding carboxylic acids is 1. The minimum Gasteiger partial charge on any atom is -0.360 e. The SMILES string of the molecule is Cc1cc(NS(=O)(=O)c2cccc(C(=O)N3CCCCCC3)c2)no1. The Kier molecular flexibility index (Phi) is 5.08. The van der Waals surface area contributed by atoms with E-state index in [0.29, 0.717) is 24.4 Å². The monoisotopic (exact) mass is 363 g/mol. The second-order valence-electron chi connectivity index (χ2n) is 6.16. The molecule has 0 bridgehead atoms. The van der Waals surface area contributed by atoms with Gasteiger partial charge in [0, 0.05) is 24.7 Å². The Balaban J connectivity index is 1.81. The van der Waals surface area contributed by atoms with E-state index >= 15 is 0 Å². The molecule has 1 aromatic carbocycles. The fourth-order valence-electron chi connectivity index (χ4n) is 2.86. The molecule has 1 fully saturated rings. The van der Waals surface area contributed by atoms with Crippen molar-refractivity contribution >= 4 is 21.7 Å². The van der Waals surface area contributed by atoms with Gasteiger partial charge in [-0.15, -0.1) is 0 Å². The number of likely N-dealkylation sites (tertiary alicyclic amines) is 1. The van der Waals surface area contributed by atoms with Crippen molar-refractivity contribution in [1.82, 2.24) is 10.1 Å². The van der Waals surface area contributed by atoms with Crippen molar-refractivity contribution in [3.63, 3.8) is 0 Å². The van der Waals surface area contributed by atoms with E-state index in [1.54, 1.807) is 24.0 Å². The zero-order chi connectivity index (χ0) is 17.9. The molecule has 1 aliphatic heterocycles. The minimum atomic E-state index is -3.84. The van der Waals surface area contributed by atoms with Crippen LogP contribution < -0.4 is 4.72 Å². The normalized spacial score (nSPS) is 15.6. The van der Waals surface area contributed by atoms with Crippen molar-refractivity contribution in [3.8, 4) is 0 Å². The van der Waals surface area contributed by atoms with Crippen molar-refractivity contribution in [2.45, 2.75) is 37.5 Å². The highest BCUT2D eigenvalue weighted by atomic mass is 32.2. The summed E-state index contributed by atoms with van der Waals surface area (Å²) in [5.74, 6) is 0.487. The number of nitrogens with zero attached hydrogens (tertiary/aromatic N) is 2. The first-order valence-corrected chi connectivity index (χ1v) is 9.79. The van der Waals surface area contributed by atoms with Gasteiger partial charge in [0.25, 0.3) is 15.9 Å². The van der Waals surface area contributed by atoms with Gasteiger partial charge in [0.2, 0.25) is 0 Å². The van der Waals surface area contributed by atoms with Crippen molar-refractivity contribution < 1.29 is 17.7 Å². The Morgan fingerprint density at radius 1 is 1.16 bits per heavy atom. The van der Waals surface area contributed by atoms with Gasteiger partial charge in [0.1, 0.15) is 5.76 Å². The van der Waals surface area contributed by atoms with Gasteiger partial charge in [-0.25, -0.2) is 8.42 Å². The third-order valence-electron chi connectivity index (χ3n) is 4.15. The van der Waals surface area contributed by atoms with Crippen LogP contribution in [0.5, 0.6) is 0 Å². The molecule has 0 spiro atoms. The summed E-state index contributed by atoms with van der Waals surface area (Å²) in [7, 11) is -3.84. The second-order valence-corrected chi connectivity index (χ2v) is 7.84. The molecular formula is C17H21N3O4S. The molecule has 1 aliphatic rings. The molecule has 3 rings (SSSR count). The maximum atomic E-state index is 12.7. The van der Waals surface area contributed by atoms with Gasteiger partial charge < -0.3 is 9.42 Å². The van der Waals surface area contributed by atoms with Crippen LogP contribution in [0.3, 0.4) is 0 Å². The van der Waals surface area contributed by atoms with E-state index in [4.69, 9.17) is 4.52 Å². The zero-order valence-corrected chi connectivity index (χ0v) is 14.9. The van der Waals surface area contributed by atoms with E-state index < -0.39 is 10.0 Å². The Morgan fingerprint density at radius 3 is 2.52 bits per heavy atom. The highest BCUT2D eigenvalue weighted by Crippen LogP contribution is 2.19. The summed E-state index contributed by atoms with van der Waals surface area (Å²) in [6, 6.07) is 7.57. The lowest BCUT2D eigenvalue weighted by molar-refractivity contribution is 0.0761. The second kappa shape index (κ2) is 7.26. The summed E-state index contributed by atoms with van der Waals surface area (Å²) in [5.41, 5.74) is 0.376. The van der Waals surface area contributed by atoms with Crippen LogP contribution in [0.4, 0.5) is 5.82 Å². The minimum absolute atomic E-state index is 0.0221. The average molecular weight is 363 g/mol. The number of carbonyl (C=O) groups is 1. The summed E-state index contributed by atoms with van der Waals surface area (Å²) >= 11 is 0. The highest BCUT2D eigenvalue weighted by molar-refractivity contribution is 7.92. The molecule has 0 saturated carbocycles. The molecule has 0 unspecified atom stereocenters. The van der Waals surface area contributed by atoms with E-state index in [-0.39, 0.29) is 16.6 Å². The fourth-order valence-corrected chi connectivity index (χ4v) is 3.89. The maximum Gasteiger partial charge on any atom is 0.263 e. The van der Waals surface area contributed by atoms with Crippen molar-refractivity contribution in [2.24, 2.45) is 0 Å². The van der Waals surface area contributed by atoms with E-state index in [9.17, 15) is 13.2 Å². The number of aryl methyl sites for hydroxylation is 1. The number of rotatable bonds is 4. The summed E-state index contributed by atoms with van der Waals surface area (Å²) in [6.45, 7) is 3.10. The van der Waals surface area contributed by atoms with Crippen LogP contribution in [0.2, 0.25) is 0 Å². The van der Waals surface area contributed by atoms with Crippen LogP contribution in [0.25, 0.3) is 0 Å². The molecule has 0 atom stereocenters. The molecule has 2 aromatic rings. The predicted molar refractivity (Wildman–Crippen MR) is 92.9 cm³/mol. The van der Waals surface area contributed by atoms with Crippen molar-refractivity contribution in [3.05, 3.63) is 41.7 Å². The summed E-state index contributed by atoms with van der Waals surface area (Å²) < 4.78 is 32.2. The molecule has 0 radical (unpaired) electrons. The molecule has 1 aromatic heterocycles. The number of hydrogen-bond donors (Lipinski definition) is 1. The van der Waals surface area contributed by atoms with Gasteiger partial charge in [-0.1, -0.05) is 24.1 Å². The van der Waals surface area contributed by atoms with Gasteiger partial charge >= 0.3 is 0 Å². The number of aromatic nitrogens is 1. The standard InChI is InChI=1S/C17H21N3O4S/c1-13-11-16(18-24-13)19-25(22,23)15-8-6-7-14(12-15)17(21)20-9-4-2-3-5-10-20/h6-8,11-12H,2-5,9-10H2,1H3,(H,18,19). The molecule has 7 nitrogen and oxygen atoms in total. The lowest BCUT2D eigenvalue weighted by Crippen LogP contribution is -2.32. The van der Waals surface area contributed by atoms with E-state index in [0.717, 1.165) is 25.7 Å². The molecule has 2 heterocycles. The number of hydrogen-bond acceptors (Lipinski definition) is 5. The summed E-state index contributed by atoms with van der Waals surface area (Å²) in [5, 5.41) is 3.63. The quantitative estimate of drug-likeness (QED) is 0.902. The molecule has 1 amide bonds. The average Bonchev–Trinajstić information content (AvgIpc) is 2.84. The maximum absolute atomic E-state index is 12.7. The largest absolute Gasteiger partial charge is 0.360 e. The fraction of sp³-hybridized carbons (Fsp3) is 0.412. The van der Waals surface area contributed by atoms with Gasteiger partial charge in [-0.05, 0) is 38.0 Å². The number of amides is 1. The molecule has 1 N–H and O–H groups in total. The van der Waals surface area contributed by atoms with Crippen LogP contribution in [0.1, 0.15) is 41.8 Å². The van der Waals surface area contributed by atoms with E-state index in [1.807, 2.05) is 0 Å². The smallest absolute Gasteiger partial charge is 0.263 e. The van der Waals surface area contributed by atoms with Crippen LogP contribution in [0, 0.1) is 6.92 Å². The van der Waals surface area contributed by atoms with Gasteiger partial charge in [-0.3, -0.25) is 9.52 Å². The molecule has 0 aliphatic carbocycles. The lowest BCUT2D eigenvalue weighted by atomic mass is 10.2. The highest BCUT2D eigenvalue weighted by Gasteiger charge is 2.21. The van der Waals surface area contributed by atoms with Crippen LogP contribution in [0.15, 0.2) is 39.8 Å². The first kappa shape index (κ1) is 17.5. The van der Waals surface area contributed by atoms with Crippen molar-refractivity contribution in [1.29, 1.82) is 0 Å². The van der Waals surface area contributed by atoms with Crippen LogP contribution in [-0.4, -0.2) is 37.5 Å². The number of anilines is 1. The summed E-state index contributed by atoms with van der Waals surface area (Å²) in [6.07, 6.45) is 4.21.